The fraction of sp³-hybridized carbons (Fsp3) is 0.385. The molecule has 0 spiro atoms. The van der Waals surface area contributed by atoms with Crippen LogP contribution in [0, 0.1) is 0 Å². The van der Waals surface area contributed by atoms with Crippen LogP contribution in [0.25, 0.3) is 0 Å². The molecule has 1 aromatic carbocycles. The lowest BCUT2D eigenvalue weighted by atomic mass is 10.1. The molecule has 1 aromatic heterocycles. The molecule has 0 amide bonds. The summed E-state index contributed by atoms with van der Waals surface area (Å²) < 4.78 is 28.7. The van der Waals surface area contributed by atoms with Gasteiger partial charge in [0.2, 0.25) is 10.0 Å². The van der Waals surface area contributed by atoms with Crippen molar-refractivity contribution in [2.45, 2.75) is 24.7 Å². The van der Waals surface area contributed by atoms with Gasteiger partial charge >= 0.3 is 0 Å². The van der Waals surface area contributed by atoms with Crippen molar-refractivity contribution in [3.05, 3.63) is 35.9 Å². The lowest BCUT2D eigenvalue weighted by Gasteiger charge is -2.09. The third-order valence-corrected chi connectivity index (χ3v) is 4.71. The molecule has 21 heavy (non-hydrogen) atoms. The van der Waals surface area contributed by atoms with Gasteiger partial charge in [0.05, 0.1) is 4.90 Å². The molecule has 2 rings (SSSR count). The number of anilines is 1. The van der Waals surface area contributed by atoms with Gasteiger partial charge in [0, 0.05) is 25.7 Å². The molecule has 0 aliphatic heterocycles. The highest BCUT2D eigenvalue weighted by Gasteiger charge is 2.15. The summed E-state index contributed by atoms with van der Waals surface area (Å²) in [6.07, 6.45) is 2.82. The normalized spacial score (nSPS) is 11.7. The first-order valence-electron chi connectivity index (χ1n) is 6.65. The number of nitrogen functional groups attached to an aromatic ring is 1. The Bertz CT molecular complexity index is 724. The zero-order valence-electron chi connectivity index (χ0n) is 12.1. The standard InChI is InChI=1S/C13H19N5O2S/c1-3-10-4-5-11(8-12(10)14)21(19,20)16-7-6-13-17-15-9-18(13)2/h4-5,8-9,16H,3,6-7,14H2,1-2H3. The van der Waals surface area contributed by atoms with Crippen LogP contribution < -0.4 is 10.5 Å². The van der Waals surface area contributed by atoms with Gasteiger partial charge < -0.3 is 10.3 Å². The minimum atomic E-state index is -3.56. The van der Waals surface area contributed by atoms with E-state index in [4.69, 9.17) is 5.73 Å². The minimum Gasteiger partial charge on any atom is -0.398 e. The van der Waals surface area contributed by atoms with Gasteiger partial charge in [0.1, 0.15) is 12.2 Å². The molecule has 0 unspecified atom stereocenters. The molecular formula is C13H19N5O2S. The van der Waals surface area contributed by atoms with E-state index in [1.54, 1.807) is 23.0 Å². The van der Waals surface area contributed by atoms with Crippen LogP contribution in [0.5, 0.6) is 0 Å². The van der Waals surface area contributed by atoms with Crippen LogP contribution in [0.4, 0.5) is 5.69 Å². The van der Waals surface area contributed by atoms with Crippen molar-refractivity contribution in [2.75, 3.05) is 12.3 Å². The molecule has 0 aliphatic carbocycles. The van der Waals surface area contributed by atoms with Gasteiger partial charge in [-0.05, 0) is 24.1 Å². The van der Waals surface area contributed by atoms with Crippen LogP contribution in [0.1, 0.15) is 18.3 Å². The SMILES string of the molecule is CCc1ccc(S(=O)(=O)NCCc2nncn2C)cc1N. The van der Waals surface area contributed by atoms with Crippen molar-refractivity contribution in [3.8, 4) is 0 Å². The Morgan fingerprint density at radius 2 is 2.14 bits per heavy atom. The van der Waals surface area contributed by atoms with Gasteiger partial charge in [0.15, 0.2) is 0 Å². The molecule has 0 aliphatic rings. The highest BCUT2D eigenvalue weighted by molar-refractivity contribution is 7.89. The van der Waals surface area contributed by atoms with E-state index < -0.39 is 10.0 Å². The first-order valence-corrected chi connectivity index (χ1v) is 8.13. The number of hydrogen-bond donors (Lipinski definition) is 2. The zero-order valence-corrected chi connectivity index (χ0v) is 12.9. The maximum atomic E-state index is 12.2. The summed E-state index contributed by atoms with van der Waals surface area (Å²) in [6.45, 7) is 2.23. The molecular weight excluding hydrogens is 290 g/mol. The van der Waals surface area contributed by atoms with E-state index in [-0.39, 0.29) is 11.4 Å². The molecule has 0 fully saturated rings. The molecule has 0 saturated heterocycles. The first-order chi connectivity index (χ1) is 9.94. The van der Waals surface area contributed by atoms with E-state index in [1.807, 2.05) is 14.0 Å². The van der Waals surface area contributed by atoms with Gasteiger partial charge in [0.25, 0.3) is 0 Å². The monoisotopic (exact) mass is 309 g/mol. The summed E-state index contributed by atoms with van der Waals surface area (Å²) in [6, 6.07) is 4.80. The predicted octanol–water partition coefficient (Wildman–Crippen LogP) is 0.481. The van der Waals surface area contributed by atoms with Crippen LogP contribution in [0.3, 0.4) is 0 Å². The number of rotatable bonds is 6. The molecule has 7 nitrogen and oxygen atoms in total. The second kappa shape index (κ2) is 6.23. The number of benzene rings is 1. The van der Waals surface area contributed by atoms with Gasteiger partial charge in [-0.2, -0.15) is 0 Å². The number of sulfonamides is 1. The Balaban J connectivity index is 2.05. The van der Waals surface area contributed by atoms with Crippen molar-refractivity contribution in [3.63, 3.8) is 0 Å². The zero-order chi connectivity index (χ0) is 15.5. The number of hydrogen-bond acceptors (Lipinski definition) is 5. The van der Waals surface area contributed by atoms with Gasteiger partial charge in [-0.3, -0.25) is 0 Å². The van der Waals surface area contributed by atoms with Crippen LogP contribution in [0.15, 0.2) is 29.4 Å². The average molecular weight is 309 g/mol. The van der Waals surface area contributed by atoms with Crippen molar-refractivity contribution in [2.24, 2.45) is 7.05 Å². The van der Waals surface area contributed by atoms with E-state index in [0.717, 1.165) is 17.8 Å². The van der Waals surface area contributed by atoms with Crippen molar-refractivity contribution in [1.29, 1.82) is 0 Å². The number of nitrogens with zero attached hydrogens (tertiary/aromatic N) is 3. The number of aryl methyl sites for hydroxylation is 2. The summed E-state index contributed by atoms with van der Waals surface area (Å²) in [7, 11) is -1.75. The van der Waals surface area contributed by atoms with Gasteiger partial charge in [-0.1, -0.05) is 13.0 Å². The maximum Gasteiger partial charge on any atom is 0.240 e. The largest absolute Gasteiger partial charge is 0.398 e. The molecule has 2 aromatic rings. The summed E-state index contributed by atoms with van der Waals surface area (Å²) in [5.41, 5.74) is 7.27. The first kappa shape index (κ1) is 15.5. The molecule has 1 heterocycles. The molecule has 0 radical (unpaired) electrons. The van der Waals surface area contributed by atoms with E-state index >= 15 is 0 Å². The molecule has 114 valence electrons. The highest BCUT2D eigenvalue weighted by Crippen LogP contribution is 2.18. The second-order valence-electron chi connectivity index (χ2n) is 4.72. The predicted molar refractivity (Wildman–Crippen MR) is 80.1 cm³/mol. The van der Waals surface area contributed by atoms with Crippen molar-refractivity contribution < 1.29 is 8.42 Å². The summed E-state index contributed by atoms with van der Waals surface area (Å²) >= 11 is 0. The fourth-order valence-corrected chi connectivity index (χ4v) is 3.04. The lowest BCUT2D eigenvalue weighted by Crippen LogP contribution is -2.26. The van der Waals surface area contributed by atoms with Crippen LogP contribution >= 0.6 is 0 Å². The number of nitrogens with two attached hydrogens (primary N) is 1. The van der Waals surface area contributed by atoms with E-state index in [0.29, 0.717) is 12.1 Å². The van der Waals surface area contributed by atoms with Gasteiger partial charge in [-0.15, -0.1) is 10.2 Å². The highest BCUT2D eigenvalue weighted by atomic mass is 32.2. The van der Waals surface area contributed by atoms with Gasteiger partial charge in [-0.25, -0.2) is 13.1 Å². The van der Waals surface area contributed by atoms with Crippen molar-refractivity contribution >= 4 is 15.7 Å². The van der Waals surface area contributed by atoms with Crippen molar-refractivity contribution in [1.82, 2.24) is 19.5 Å². The summed E-state index contributed by atoms with van der Waals surface area (Å²) in [4.78, 5) is 0.176. The molecule has 0 bridgehead atoms. The van der Waals surface area contributed by atoms with Crippen LogP contribution in [-0.2, 0) is 29.9 Å². The van der Waals surface area contributed by atoms with Crippen LogP contribution in [-0.4, -0.2) is 29.7 Å². The summed E-state index contributed by atoms with van der Waals surface area (Å²) in [5, 5.41) is 7.65. The summed E-state index contributed by atoms with van der Waals surface area (Å²) in [5.74, 6) is 0.721. The Labute approximate surface area is 124 Å². The topological polar surface area (TPSA) is 103 Å². The Morgan fingerprint density at radius 1 is 1.38 bits per heavy atom. The van der Waals surface area contributed by atoms with E-state index in [1.165, 1.54) is 6.07 Å². The Kier molecular flexibility index (Phi) is 4.59. The molecule has 0 saturated carbocycles. The smallest absolute Gasteiger partial charge is 0.240 e. The fourth-order valence-electron chi connectivity index (χ4n) is 1.98. The molecule has 3 N–H and O–H groups in total. The van der Waals surface area contributed by atoms with Crippen LogP contribution in [0.2, 0.25) is 0 Å². The second-order valence-corrected chi connectivity index (χ2v) is 6.49. The third kappa shape index (κ3) is 3.59. The average Bonchev–Trinajstić information content (AvgIpc) is 2.84. The minimum absolute atomic E-state index is 0.176. The number of nitrogens with one attached hydrogen (secondary N) is 1. The maximum absolute atomic E-state index is 12.2. The molecule has 0 atom stereocenters. The lowest BCUT2D eigenvalue weighted by molar-refractivity contribution is 0.580. The number of aromatic nitrogens is 3. The molecule has 8 heteroatoms. The quantitative estimate of drug-likeness (QED) is 0.756. The van der Waals surface area contributed by atoms with E-state index in [9.17, 15) is 8.42 Å². The Hall–Kier alpha value is -1.93. The Morgan fingerprint density at radius 3 is 2.71 bits per heavy atom. The van der Waals surface area contributed by atoms with E-state index in [2.05, 4.69) is 14.9 Å². The third-order valence-electron chi connectivity index (χ3n) is 3.25.